The zero-order valence-corrected chi connectivity index (χ0v) is 27.6. The lowest BCUT2D eigenvalue weighted by Gasteiger charge is -2.32. The van der Waals surface area contributed by atoms with Crippen molar-refractivity contribution in [3.63, 3.8) is 0 Å². The summed E-state index contributed by atoms with van der Waals surface area (Å²) in [6.45, 7) is 7.22. The number of nitrogens with one attached hydrogen (secondary N) is 1. The van der Waals surface area contributed by atoms with E-state index in [9.17, 15) is 22.8 Å². The van der Waals surface area contributed by atoms with Crippen LogP contribution in [0.3, 0.4) is 0 Å². The van der Waals surface area contributed by atoms with Crippen LogP contribution in [0, 0.1) is 19.8 Å². The molecule has 0 unspecified atom stereocenters. The molecule has 1 aromatic carbocycles. The average molecular weight is 659 g/mol. The molecule has 3 aliphatic rings. The number of carbonyl (C=O) groups is 3. The lowest BCUT2D eigenvalue weighted by Crippen LogP contribution is -2.54. The molecule has 3 amide bonds. The van der Waals surface area contributed by atoms with E-state index in [1.807, 2.05) is 32.9 Å². The van der Waals surface area contributed by atoms with E-state index in [1.165, 1.54) is 24.4 Å². The Kier molecular flexibility index (Phi) is 10.0. The van der Waals surface area contributed by atoms with Gasteiger partial charge in [-0.25, -0.2) is 23.2 Å². The molecule has 2 saturated heterocycles. The lowest BCUT2D eigenvalue weighted by molar-refractivity contribution is -0.120. The number of benzene rings is 1. The smallest absolute Gasteiger partial charge is 0.410 e. The number of likely N-dealkylation sites (tertiary alicyclic amines) is 1. The number of aryl methyl sites for hydroxylation is 2. The number of ether oxygens (including phenoxy) is 3. The zero-order chi connectivity index (χ0) is 33.1. The first-order valence-electron chi connectivity index (χ1n) is 15.5. The van der Waals surface area contributed by atoms with Gasteiger partial charge in [-0.05, 0) is 69.6 Å². The van der Waals surface area contributed by atoms with Gasteiger partial charge < -0.3 is 24.4 Å². The van der Waals surface area contributed by atoms with Crippen LogP contribution in [-0.2, 0) is 30.9 Å². The molecule has 5 rings (SSSR count). The molecule has 2 aromatic rings. The molecule has 3 heterocycles. The van der Waals surface area contributed by atoms with Crippen molar-refractivity contribution in [2.75, 3.05) is 57.1 Å². The summed E-state index contributed by atoms with van der Waals surface area (Å²) in [6.07, 6.45) is 6.03. The van der Waals surface area contributed by atoms with Crippen LogP contribution < -0.4 is 19.7 Å². The number of aromatic nitrogens is 2. The number of piperazine rings is 1. The normalized spacial score (nSPS) is 18.7. The fourth-order valence-electron chi connectivity index (χ4n) is 5.56. The van der Waals surface area contributed by atoms with Gasteiger partial charge in [-0.3, -0.25) is 14.5 Å². The number of hydrogen-bond donors (Lipinski definition) is 1. The molecule has 1 aliphatic carbocycles. The third-order valence-corrected chi connectivity index (χ3v) is 10.4. The quantitative estimate of drug-likeness (QED) is 0.379. The fourth-order valence-corrected chi connectivity index (χ4v) is 6.84. The van der Waals surface area contributed by atoms with E-state index in [0.29, 0.717) is 31.3 Å². The second-order valence-corrected chi connectivity index (χ2v) is 14.4. The monoisotopic (exact) mass is 658 g/mol. The van der Waals surface area contributed by atoms with Crippen LogP contribution in [0.4, 0.5) is 10.6 Å². The molecular weight excluding hydrogens is 616 g/mol. The van der Waals surface area contributed by atoms with Crippen LogP contribution in [0.1, 0.15) is 49.3 Å². The predicted octanol–water partition coefficient (Wildman–Crippen LogP) is 2.18. The summed E-state index contributed by atoms with van der Waals surface area (Å²) in [4.78, 5) is 49.5. The summed E-state index contributed by atoms with van der Waals surface area (Å²) in [6, 6.07) is 3.81. The molecule has 46 heavy (non-hydrogen) atoms. The Hall–Kier alpha value is -3.98. The molecule has 14 nitrogen and oxygen atoms in total. The molecule has 3 fully saturated rings. The Morgan fingerprint density at radius 3 is 2.43 bits per heavy atom. The first kappa shape index (κ1) is 33.4. The molecule has 1 aromatic heterocycles. The van der Waals surface area contributed by atoms with Gasteiger partial charge in [0.05, 0.1) is 32.7 Å². The van der Waals surface area contributed by atoms with Gasteiger partial charge in [-0.1, -0.05) is 6.07 Å². The minimum Gasteiger partial charge on any atom is -0.496 e. The van der Waals surface area contributed by atoms with E-state index in [-0.39, 0.29) is 43.1 Å². The molecule has 15 heteroatoms. The average Bonchev–Trinajstić information content (AvgIpc) is 3.75. The maximum atomic E-state index is 13.0. The minimum absolute atomic E-state index is 0.0116. The van der Waals surface area contributed by atoms with E-state index >= 15 is 0 Å². The predicted molar refractivity (Wildman–Crippen MR) is 168 cm³/mol. The summed E-state index contributed by atoms with van der Waals surface area (Å²) in [5.41, 5.74) is 2.41. The van der Waals surface area contributed by atoms with Crippen LogP contribution in [0.2, 0.25) is 0 Å². The Morgan fingerprint density at radius 1 is 1.07 bits per heavy atom. The first-order valence-corrected chi connectivity index (χ1v) is 17.1. The topological polar surface area (TPSA) is 161 Å². The fraction of sp³-hybridized carbons (Fsp3) is 0.581. The zero-order valence-electron chi connectivity index (χ0n) is 26.8. The van der Waals surface area contributed by atoms with Crippen LogP contribution in [0.5, 0.6) is 11.6 Å². The minimum atomic E-state index is -4.04. The molecule has 250 valence electrons. The van der Waals surface area contributed by atoms with Crippen molar-refractivity contribution in [2.45, 2.75) is 58.6 Å². The van der Waals surface area contributed by atoms with Crippen LogP contribution in [0.15, 0.2) is 24.5 Å². The van der Waals surface area contributed by atoms with Gasteiger partial charge in [0.1, 0.15) is 17.1 Å². The van der Waals surface area contributed by atoms with Gasteiger partial charge in [0.15, 0.2) is 5.82 Å². The van der Waals surface area contributed by atoms with Gasteiger partial charge >= 0.3 is 6.09 Å². The van der Waals surface area contributed by atoms with Crippen molar-refractivity contribution >= 4 is 33.7 Å². The van der Waals surface area contributed by atoms with E-state index < -0.39 is 34.1 Å². The molecule has 0 bridgehead atoms. The van der Waals surface area contributed by atoms with E-state index in [4.69, 9.17) is 14.2 Å². The number of methoxy groups -OCH3 is 1. The molecule has 0 spiro atoms. The SMILES string of the molecule is COc1cc(C)cc(C)c1CNC(=O)CS(=O)(=O)N1CCN(c2cnc(OCC3CCN(C(=O)OC4(C)CC4)CC3)cn2)C(=O)C1. The second-order valence-electron chi connectivity index (χ2n) is 12.4. The van der Waals surface area contributed by atoms with Crippen molar-refractivity contribution < 1.29 is 37.0 Å². The number of hydrogen-bond acceptors (Lipinski definition) is 10. The highest BCUT2D eigenvalue weighted by Gasteiger charge is 2.43. The van der Waals surface area contributed by atoms with Gasteiger partial charge in [-0.15, -0.1) is 0 Å². The number of piperidine rings is 1. The number of anilines is 1. The van der Waals surface area contributed by atoms with Crippen LogP contribution in [0.25, 0.3) is 0 Å². The van der Waals surface area contributed by atoms with Gasteiger partial charge in [0.2, 0.25) is 27.7 Å². The Morgan fingerprint density at radius 2 is 1.80 bits per heavy atom. The van der Waals surface area contributed by atoms with Crippen molar-refractivity contribution in [1.82, 2.24) is 24.5 Å². The maximum absolute atomic E-state index is 13.0. The summed E-state index contributed by atoms with van der Waals surface area (Å²) < 4.78 is 43.8. The number of sulfonamides is 1. The highest BCUT2D eigenvalue weighted by atomic mass is 32.2. The van der Waals surface area contributed by atoms with E-state index in [0.717, 1.165) is 46.7 Å². The number of carbonyl (C=O) groups excluding carboxylic acids is 3. The molecule has 1 N–H and O–H groups in total. The first-order chi connectivity index (χ1) is 21.9. The maximum Gasteiger partial charge on any atom is 0.410 e. The van der Waals surface area contributed by atoms with Gasteiger partial charge in [-0.2, -0.15) is 4.31 Å². The van der Waals surface area contributed by atoms with Gasteiger partial charge in [0, 0.05) is 38.3 Å². The van der Waals surface area contributed by atoms with Crippen molar-refractivity contribution in [1.29, 1.82) is 0 Å². The highest BCUT2D eigenvalue weighted by Crippen LogP contribution is 2.39. The number of rotatable bonds is 11. The largest absolute Gasteiger partial charge is 0.496 e. The van der Waals surface area contributed by atoms with Crippen molar-refractivity contribution in [3.8, 4) is 11.6 Å². The summed E-state index contributed by atoms with van der Waals surface area (Å²) >= 11 is 0. The van der Waals surface area contributed by atoms with Crippen molar-refractivity contribution in [3.05, 3.63) is 41.2 Å². The molecule has 0 atom stereocenters. The molecule has 2 aliphatic heterocycles. The summed E-state index contributed by atoms with van der Waals surface area (Å²) in [5.74, 6) is -0.453. The Balaban J connectivity index is 1.06. The second kappa shape index (κ2) is 13.8. The molecule has 0 radical (unpaired) electrons. The Bertz CT molecular complexity index is 1560. The molecule has 1 saturated carbocycles. The lowest BCUT2D eigenvalue weighted by atomic mass is 9.98. The highest BCUT2D eigenvalue weighted by molar-refractivity contribution is 7.89. The van der Waals surface area contributed by atoms with E-state index in [1.54, 1.807) is 4.90 Å². The third kappa shape index (κ3) is 8.23. The Labute approximate surface area is 269 Å². The van der Waals surface area contributed by atoms with Crippen LogP contribution in [-0.4, -0.2) is 103 Å². The summed E-state index contributed by atoms with van der Waals surface area (Å²) in [5, 5.41) is 2.66. The third-order valence-electron chi connectivity index (χ3n) is 8.67. The van der Waals surface area contributed by atoms with Crippen molar-refractivity contribution in [2.24, 2.45) is 5.92 Å². The standard InChI is InChI=1S/C31H42N6O8S/c1-21-13-22(2)24(25(14-21)43-4)15-33-27(38)20-46(41,42)36-11-12-37(29(39)18-36)26-16-34-28(17-32-26)44-19-23-5-9-35(10-6-23)30(40)45-31(3)7-8-31/h13-14,16-17,23H,5-12,15,18-20H2,1-4H3,(H,33,38). The summed E-state index contributed by atoms with van der Waals surface area (Å²) in [7, 11) is -2.50. The van der Waals surface area contributed by atoms with E-state index in [2.05, 4.69) is 15.3 Å². The molecular formula is C31H42N6O8S. The van der Waals surface area contributed by atoms with Gasteiger partial charge in [0.25, 0.3) is 0 Å². The number of amides is 3. The number of nitrogens with zero attached hydrogens (tertiary/aromatic N) is 5. The van der Waals surface area contributed by atoms with Crippen LogP contribution >= 0.6 is 0 Å².